The van der Waals surface area contributed by atoms with Crippen molar-refractivity contribution >= 4 is 41.3 Å². The van der Waals surface area contributed by atoms with Gasteiger partial charge in [0, 0.05) is 30.6 Å². The molecule has 0 amide bonds. The lowest BCUT2D eigenvalue weighted by Crippen LogP contribution is -2.43. The maximum atomic E-state index is 5.14. The SMILES string of the molecule is CCNC(=NCc1csc(-c2ccccc2)n1)NC(C)COC.I. The van der Waals surface area contributed by atoms with E-state index in [2.05, 4.69) is 52.0 Å². The Morgan fingerprint density at radius 1 is 1.33 bits per heavy atom. The summed E-state index contributed by atoms with van der Waals surface area (Å²) in [6, 6.07) is 10.4. The average molecular weight is 460 g/mol. The monoisotopic (exact) mass is 460 g/mol. The van der Waals surface area contributed by atoms with Crippen LogP contribution in [0.25, 0.3) is 10.6 Å². The summed E-state index contributed by atoms with van der Waals surface area (Å²) in [5.41, 5.74) is 2.12. The maximum absolute atomic E-state index is 5.14. The number of ether oxygens (including phenoxy) is 1. The summed E-state index contributed by atoms with van der Waals surface area (Å²) in [4.78, 5) is 9.26. The fourth-order valence-corrected chi connectivity index (χ4v) is 2.92. The topological polar surface area (TPSA) is 58.5 Å². The van der Waals surface area contributed by atoms with E-state index in [-0.39, 0.29) is 30.0 Å². The van der Waals surface area contributed by atoms with Gasteiger partial charge in [0.1, 0.15) is 5.01 Å². The third kappa shape index (κ3) is 6.74. The minimum absolute atomic E-state index is 0. The second-order valence-electron chi connectivity index (χ2n) is 5.21. The van der Waals surface area contributed by atoms with Crippen molar-refractivity contribution in [3.63, 3.8) is 0 Å². The van der Waals surface area contributed by atoms with Crippen LogP contribution in [0.4, 0.5) is 0 Å². The minimum atomic E-state index is 0. The van der Waals surface area contributed by atoms with Crippen LogP contribution < -0.4 is 10.6 Å². The summed E-state index contributed by atoms with van der Waals surface area (Å²) >= 11 is 1.65. The molecule has 0 saturated carbocycles. The van der Waals surface area contributed by atoms with Crippen LogP contribution in [0.15, 0.2) is 40.7 Å². The van der Waals surface area contributed by atoms with Crippen molar-refractivity contribution in [3.05, 3.63) is 41.4 Å². The zero-order valence-electron chi connectivity index (χ0n) is 14.3. The predicted octanol–water partition coefficient (Wildman–Crippen LogP) is 3.52. The molecule has 1 aromatic heterocycles. The number of nitrogens with one attached hydrogen (secondary N) is 2. The van der Waals surface area contributed by atoms with Crippen LogP contribution in [0.3, 0.4) is 0 Å². The molecule has 0 fully saturated rings. The van der Waals surface area contributed by atoms with Crippen LogP contribution in [0.5, 0.6) is 0 Å². The largest absolute Gasteiger partial charge is 0.383 e. The van der Waals surface area contributed by atoms with Crippen LogP contribution in [0.1, 0.15) is 19.5 Å². The van der Waals surface area contributed by atoms with Gasteiger partial charge in [-0.2, -0.15) is 0 Å². The first kappa shape index (κ1) is 20.9. The molecular formula is C17H25IN4OS. The number of halogens is 1. The zero-order chi connectivity index (χ0) is 16.5. The second-order valence-corrected chi connectivity index (χ2v) is 6.06. The average Bonchev–Trinajstić information content (AvgIpc) is 3.03. The minimum Gasteiger partial charge on any atom is -0.383 e. The predicted molar refractivity (Wildman–Crippen MR) is 112 cm³/mol. The maximum Gasteiger partial charge on any atom is 0.191 e. The Labute approximate surface area is 165 Å². The molecule has 1 heterocycles. The van der Waals surface area contributed by atoms with Crippen molar-refractivity contribution in [3.8, 4) is 10.6 Å². The quantitative estimate of drug-likeness (QED) is 0.377. The van der Waals surface area contributed by atoms with Crippen LogP contribution in [-0.2, 0) is 11.3 Å². The first-order valence-electron chi connectivity index (χ1n) is 7.76. The molecule has 1 atom stereocenters. The number of guanidine groups is 1. The van der Waals surface area contributed by atoms with Gasteiger partial charge in [-0.1, -0.05) is 30.3 Å². The van der Waals surface area contributed by atoms with Crippen molar-refractivity contribution in [2.75, 3.05) is 20.3 Å². The first-order valence-corrected chi connectivity index (χ1v) is 8.64. The Hall–Kier alpha value is -1.19. The van der Waals surface area contributed by atoms with E-state index in [4.69, 9.17) is 4.74 Å². The Kier molecular flexibility index (Phi) is 9.89. The molecule has 2 rings (SSSR count). The van der Waals surface area contributed by atoms with Gasteiger partial charge in [-0.3, -0.25) is 0 Å². The molecule has 2 aromatic rings. The number of aromatic nitrogens is 1. The third-order valence-corrected chi connectivity index (χ3v) is 4.06. The van der Waals surface area contributed by atoms with Gasteiger partial charge < -0.3 is 15.4 Å². The molecule has 0 aliphatic heterocycles. The molecule has 132 valence electrons. The fourth-order valence-electron chi connectivity index (χ4n) is 2.10. The fraction of sp³-hybridized carbons (Fsp3) is 0.412. The standard InChI is InChI=1S/C17H24N4OS.HI/c1-4-18-17(20-13(2)11-22-3)19-10-15-12-23-16(21-15)14-8-6-5-7-9-14;/h5-9,12-13H,4,10-11H2,1-3H3,(H2,18,19,20);1H. The van der Waals surface area contributed by atoms with Gasteiger partial charge in [-0.25, -0.2) is 9.98 Å². The van der Waals surface area contributed by atoms with Gasteiger partial charge in [0.25, 0.3) is 0 Å². The van der Waals surface area contributed by atoms with E-state index in [9.17, 15) is 0 Å². The van der Waals surface area contributed by atoms with Gasteiger partial charge in [-0.15, -0.1) is 35.3 Å². The molecule has 0 spiro atoms. The third-order valence-electron chi connectivity index (χ3n) is 3.12. The Morgan fingerprint density at radius 2 is 2.08 bits per heavy atom. The van der Waals surface area contributed by atoms with E-state index in [0.29, 0.717) is 13.2 Å². The highest BCUT2D eigenvalue weighted by Gasteiger charge is 2.06. The molecule has 5 nitrogen and oxygen atoms in total. The Morgan fingerprint density at radius 3 is 2.75 bits per heavy atom. The van der Waals surface area contributed by atoms with Crippen molar-refractivity contribution in [1.82, 2.24) is 15.6 Å². The number of aliphatic imine (C=N–C) groups is 1. The molecule has 2 N–H and O–H groups in total. The summed E-state index contributed by atoms with van der Waals surface area (Å²) < 4.78 is 5.14. The van der Waals surface area contributed by atoms with Gasteiger partial charge >= 0.3 is 0 Å². The van der Waals surface area contributed by atoms with Gasteiger partial charge in [-0.05, 0) is 13.8 Å². The van der Waals surface area contributed by atoms with E-state index >= 15 is 0 Å². The molecule has 0 bridgehead atoms. The number of rotatable bonds is 7. The number of hydrogen-bond acceptors (Lipinski definition) is 4. The normalized spacial score (nSPS) is 12.4. The zero-order valence-corrected chi connectivity index (χ0v) is 17.4. The van der Waals surface area contributed by atoms with Crippen LogP contribution in [0.2, 0.25) is 0 Å². The summed E-state index contributed by atoms with van der Waals surface area (Å²) in [6.07, 6.45) is 0. The van der Waals surface area contributed by atoms with E-state index in [1.165, 1.54) is 0 Å². The summed E-state index contributed by atoms with van der Waals surface area (Å²) in [6.45, 7) is 6.12. The highest BCUT2D eigenvalue weighted by Crippen LogP contribution is 2.23. The highest BCUT2D eigenvalue weighted by atomic mass is 127. The van der Waals surface area contributed by atoms with Crippen LogP contribution in [-0.4, -0.2) is 37.2 Å². The van der Waals surface area contributed by atoms with E-state index in [1.54, 1.807) is 18.4 Å². The van der Waals surface area contributed by atoms with Crippen molar-refractivity contribution < 1.29 is 4.74 Å². The molecule has 7 heteroatoms. The van der Waals surface area contributed by atoms with E-state index in [1.807, 2.05) is 18.2 Å². The lowest BCUT2D eigenvalue weighted by Gasteiger charge is -2.16. The number of nitrogens with zero attached hydrogens (tertiary/aromatic N) is 2. The summed E-state index contributed by atoms with van der Waals surface area (Å²) in [7, 11) is 1.70. The number of benzene rings is 1. The number of hydrogen-bond donors (Lipinski definition) is 2. The Balaban J connectivity index is 0.00000288. The molecule has 24 heavy (non-hydrogen) atoms. The summed E-state index contributed by atoms with van der Waals surface area (Å²) in [5.74, 6) is 0.784. The van der Waals surface area contributed by atoms with Crippen molar-refractivity contribution in [1.29, 1.82) is 0 Å². The van der Waals surface area contributed by atoms with Crippen molar-refractivity contribution in [2.45, 2.75) is 26.4 Å². The lowest BCUT2D eigenvalue weighted by molar-refractivity contribution is 0.179. The first-order chi connectivity index (χ1) is 11.2. The molecule has 0 aliphatic rings. The van der Waals surface area contributed by atoms with Gasteiger partial charge in [0.05, 0.1) is 18.8 Å². The van der Waals surface area contributed by atoms with Gasteiger partial charge in [0.15, 0.2) is 5.96 Å². The second kappa shape index (κ2) is 11.4. The molecular weight excluding hydrogens is 435 g/mol. The van der Waals surface area contributed by atoms with Crippen molar-refractivity contribution in [2.24, 2.45) is 4.99 Å². The Bertz CT molecular complexity index is 618. The smallest absolute Gasteiger partial charge is 0.191 e. The molecule has 1 aromatic carbocycles. The van der Waals surface area contributed by atoms with Gasteiger partial charge in [0.2, 0.25) is 0 Å². The van der Waals surface area contributed by atoms with Crippen LogP contribution in [0, 0.1) is 0 Å². The number of methoxy groups -OCH3 is 1. The van der Waals surface area contributed by atoms with E-state index in [0.717, 1.165) is 28.8 Å². The highest BCUT2D eigenvalue weighted by molar-refractivity contribution is 14.0. The molecule has 0 aliphatic carbocycles. The number of thiazole rings is 1. The molecule has 1 unspecified atom stereocenters. The summed E-state index contributed by atoms with van der Waals surface area (Å²) in [5, 5.41) is 9.65. The lowest BCUT2D eigenvalue weighted by atomic mass is 10.2. The molecule has 0 saturated heterocycles. The van der Waals surface area contributed by atoms with Crippen LogP contribution >= 0.6 is 35.3 Å². The molecule has 0 radical (unpaired) electrons. The van der Waals surface area contributed by atoms with E-state index < -0.39 is 0 Å².